The number of halogens is 1. The van der Waals surface area contributed by atoms with Crippen LogP contribution in [-0.4, -0.2) is 43.9 Å². The first-order valence-corrected chi connectivity index (χ1v) is 10.0. The summed E-state index contributed by atoms with van der Waals surface area (Å²) < 4.78 is 32.3. The van der Waals surface area contributed by atoms with E-state index >= 15 is 0 Å². The minimum atomic E-state index is -3.48. The predicted molar refractivity (Wildman–Crippen MR) is 87.8 cm³/mol. The monoisotopic (exact) mass is 349 g/mol. The highest BCUT2D eigenvalue weighted by atomic mass is 35.5. The van der Waals surface area contributed by atoms with Crippen molar-refractivity contribution in [2.45, 2.75) is 30.2 Å². The summed E-state index contributed by atoms with van der Waals surface area (Å²) in [5, 5.41) is 0. The van der Waals surface area contributed by atoms with Crippen molar-refractivity contribution < 1.29 is 13.2 Å². The molecule has 1 aromatic carbocycles. The lowest BCUT2D eigenvalue weighted by Crippen LogP contribution is -2.37. The van der Waals surface area contributed by atoms with Gasteiger partial charge in [-0.05, 0) is 37.3 Å². The maximum absolute atomic E-state index is 12.7. The molecular formula is C14H20ClNO3S2. The first-order chi connectivity index (χ1) is 10.0. The molecule has 1 unspecified atom stereocenters. The SMILES string of the molecule is CCOc1ccc(S(=O)(=O)N(C)C2CCSC2)cc1CCl. The van der Waals surface area contributed by atoms with Gasteiger partial charge >= 0.3 is 0 Å². The van der Waals surface area contributed by atoms with Gasteiger partial charge in [-0.25, -0.2) is 8.42 Å². The number of alkyl halides is 1. The fraction of sp³-hybridized carbons (Fsp3) is 0.571. The van der Waals surface area contributed by atoms with Gasteiger partial charge in [-0.1, -0.05) is 0 Å². The summed E-state index contributed by atoms with van der Waals surface area (Å²) in [6.45, 7) is 2.41. The lowest BCUT2D eigenvalue weighted by molar-refractivity contribution is 0.337. The summed E-state index contributed by atoms with van der Waals surface area (Å²) in [6.07, 6.45) is 0.903. The molecule has 21 heavy (non-hydrogen) atoms. The van der Waals surface area contributed by atoms with Crippen LogP contribution in [0.2, 0.25) is 0 Å². The molecule has 4 nitrogen and oxygen atoms in total. The molecular weight excluding hydrogens is 330 g/mol. The highest BCUT2D eigenvalue weighted by Crippen LogP contribution is 2.29. The summed E-state index contributed by atoms with van der Waals surface area (Å²) >= 11 is 7.70. The zero-order chi connectivity index (χ0) is 15.5. The summed E-state index contributed by atoms with van der Waals surface area (Å²) in [5.74, 6) is 2.74. The fourth-order valence-corrected chi connectivity index (χ4v) is 5.30. The van der Waals surface area contributed by atoms with E-state index in [-0.39, 0.29) is 16.8 Å². The minimum absolute atomic E-state index is 0.0750. The van der Waals surface area contributed by atoms with Crippen LogP contribution in [0.25, 0.3) is 0 Å². The van der Waals surface area contributed by atoms with Crippen LogP contribution >= 0.6 is 23.4 Å². The molecule has 1 heterocycles. The van der Waals surface area contributed by atoms with Crippen molar-refractivity contribution in [2.24, 2.45) is 0 Å². The molecule has 1 atom stereocenters. The standard InChI is InChI=1S/C14H20ClNO3S2/c1-3-19-14-5-4-13(8-11(14)9-15)21(17,18)16(2)12-6-7-20-10-12/h4-5,8,12H,3,6-7,9-10H2,1-2H3. The van der Waals surface area contributed by atoms with Gasteiger partial charge in [0.25, 0.3) is 0 Å². The van der Waals surface area contributed by atoms with E-state index in [1.54, 1.807) is 37.0 Å². The average molecular weight is 350 g/mol. The molecule has 7 heteroatoms. The van der Waals surface area contributed by atoms with Gasteiger partial charge in [0.05, 0.1) is 17.4 Å². The van der Waals surface area contributed by atoms with E-state index < -0.39 is 10.0 Å². The molecule has 0 N–H and O–H groups in total. The Bertz CT molecular complexity index is 586. The van der Waals surface area contributed by atoms with Gasteiger partial charge in [-0.2, -0.15) is 16.1 Å². The van der Waals surface area contributed by atoms with Crippen LogP contribution < -0.4 is 4.74 Å². The van der Waals surface area contributed by atoms with Gasteiger partial charge < -0.3 is 4.74 Å². The van der Waals surface area contributed by atoms with Crippen LogP contribution in [0.1, 0.15) is 18.9 Å². The van der Waals surface area contributed by atoms with Gasteiger partial charge in [0.15, 0.2) is 0 Å². The number of rotatable bonds is 6. The van der Waals surface area contributed by atoms with Gasteiger partial charge in [0, 0.05) is 24.4 Å². The topological polar surface area (TPSA) is 46.6 Å². The molecule has 0 aromatic heterocycles. The maximum atomic E-state index is 12.7. The molecule has 0 spiro atoms. The third-order valence-corrected chi connectivity index (χ3v) is 6.91. The Labute approximate surface area is 135 Å². The number of hydrogen-bond acceptors (Lipinski definition) is 4. The Morgan fingerprint density at radius 3 is 2.81 bits per heavy atom. The van der Waals surface area contributed by atoms with Crippen molar-refractivity contribution >= 4 is 33.4 Å². The predicted octanol–water partition coefficient (Wildman–Crippen LogP) is 2.95. The van der Waals surface area contributed by atoms with E-state index in [0.29, 0.717) is 17.9 Å². The second-order valence-electron chi connectivity index (χ2n) is 4.87. The van der Waals surface area contributed by atoms with Crippen LogP contribution in [0.15, 0.2) is 23.1 Å². The molecule has 118 valence electrons. The largest absolute Gasteiger partial charge is 0.494 e. The Morgan fingerprint density at radius 1 is 1.48 bits per heavy atom. The molecule has 1 aromatic rings. The van der Waals surface area contributed by atoms with Gasteiger partial charge in [0.1, 0.15) is 5.75 Å². The number of nitrogens with zero attached hydrogens (tertiary/aromatic N) is 1. The third-order valence-electron chi connectivity index (χ3n) is 3.57. The Kier molecular flexibility index (Phi) is 5.82. The van der Waals surface area contributed by atoms with Crippen LogP contribution in [0, 0.1) is 0 Å². The molecule has 0 saturated carbocycles. The van der Waals surface area contributed by atoms with Crippen LogP contribution in [0.4, 0.5) is 0 Å². The van der Waals surface area contributed by atoms with Crippen LogP contribution in [0.5, 0.6) is 5.75 Å². The van der Waals surface area contributed by atoms with Crippen molar-refractivity contribution in [2.75, 3.05) is 25.2 Å². The second-order valence-corrected chi connectivity index (χ2v) is 8.29. The van der Waals surface area contributed by atoms with Crippen molar-refractivity contribution in [3.05, 3.63) is 23.8 Å². The smallest absolute Gasteiger partial charge is 0.243 e. The molecule has 0 amide bonds. The van der Waals surface area contributed by atoms with E-state index in [0.717, 1.165) is 17.9 Å². The summed E-state index contributed by atoms with van der Waals surface area (Å²) in [4.78, 5) is 0.279. The van der Waals surface area contributed by atoms with Crippen molar-refractivity contribution in [1.29, 1.82) is 0 Å². The number of benzene rings is 1. The van der Waals surface area contributed by atoms with Crippen molar-refractivity contribution in [3.8, 4) is 5.75 Å². The highest BCUT2D eigenvalue weighted by molar-refractivity contribution is 7.99. The second kappa shape index (κ2) is 7.22. The number of sulfonamides is 1. The maximum Gasteiger partial charge on any atom is 0.243 e. The molecule has 0 radical (unpaired) electrons. The Balaban J connectivity index is 2.31. The highest BCUT2D eigenvalue weighted by Gasteiger charge is 2.30. The fourth-order valence-electron chi connectivity index (χ4n) is 2.29. The lowest BCUT2D eigenvalue weighted by Gasteiger charge is -2.23. The molecule has 1 aliphatic heterocycles. The van der Waals surface area contributed by atoms with Gasteiger partial charge in [0.2, 0.25) is 10.0 Å². The van der Waals surface area contributed by atoms with E-state index in [1.807, 2.05) is 6.92 Å². The molecule has 2 rings (SSSR count). The van der Waals surface area contributed by atoms with E-state index in [1.165, 1.54) is 4.31 Å². The Hall–Kier alpha value is -0.430. The number of hydrogen-bond donors (Lipinski definition) is 0. The normalized spacial score (nSPS) is 19.1. The van der Waals surface area contributed by atoms with Crippen molar-refractivity contribution in [1.82, 2.24) is 4.31 Å². The van der Waals surface area contributed by atoms with Crippen molar-refractivity contribution in [3.63, 3.8) is 0 Å². The quantitative estimate of drug-likeness (QED) is 0.741. The summed E-state index contributed by atoms with van der Waals surface area (Å²) in [5.41, 5.74) is 0.703. The first-order valence-electron chi connectivity index (χ1n) is 6.88. The number of ether oxygens (including phenoxy) is 1. The third kappa shape index (κ3) is 3.67. The molecule has 0 aliphatic carbocycles. The molecule has 1 saturated heterocycles. The number of thioether (sulfide) groups is 1. The first kappa shape index (κ1) is 16.9. The Morgan fingerprint density at radius 2 is 2.24 bits per heavy atom. The zero-order valence-corrected chi connectivity index (χ0v) is 14.6. The van der Waals surface area contributed by atoms with E-state index in [9.17, 15) is 8.42 Å². The van der Waals surface area contributed by atoms with Gasteiger partial charge in [-0.15, -0.1) is 11.6 Å². The van der Waals surface area contributed by atoms with Crippen LogP contribution in [0.3, 0.4) is 0 Å². The van der Waals surface area contributed by atoms with Crippen LogP contribution in [-0.2, 0) is 15.9 Å². The molecule has 1 aliphatic rings. The molecule has 1 fully saturated rings. The summed E-state index contributed by atoms with van der Waals surface area (Å²) in [6, 6.07) is 4.97. The zero-order valence-electron chi connectivity index (χ0n) is 12.2. The lowest BCUT2D eigenvalue weighted by atomic mass is 10.2. The summed E-state index contributed by atoms with van der Waals surface area (Å²) in [7, 11) is -1.83. The van der Waals surface area contributed by atoms with Gasteiger partial charge in [-0.3, -0.25) is 0 Å². The minimum Gasteiger partial charge on any atom is -0.494 e. The average Bonchev–Trinajstić information content (AvgIpc) is 3.01. The van der Waals surface area contributed by atoms with E-state index in [2.05, 4.69) is 0 Å². The molecule has 0 bridgehead atoms. The van der Waals surface area contributed by atoms with E-state index in [4.69, 9.17) is 16.3 Å².